The fraction of sp³-hybridized carbons (Fsp3) is 0.250. The molecule has 0 atom stereocenters. The molecule has 0 saturated heterocycles. The molecular weight excluding hydrogens is 584 g/mol. The molecule has 159 valence electrons. The lowest BCUT2D eigenvalue weighted by molar-refractivity contribution is -0.332. The highest BCUT2D eigenvalue weighted by Gasteiger charge is 2.78. The van der Waals surface area contributed by atoms with Crippen molar-refractivity contribution in [2.24, 2.45) is 0 Å². The van der Waals surface area contributed by atoms with Gasteiger partial charge in [-0.1, -0.05) is 45.7 Å². The fourth-order valence-corrected chi connectivity index (χ4v) is 5.48. The van der Waals surface area contributed by atoms with Crippen molar-refractivity contribution in [1.82, 2.24) is 0 Å². The Morgan fingerprint density at radius 1 is 1.00 bits per heavy atom. The lowest BCUT2D eigenvalue weighted by Gasteiger charge is -2.28. The number of sulfone groups is 1. The summed E-state index contributed by atoms with van der Waals surface area (Å²) in [5.41, 5.74) is -0.299. The third kappa shape index (κ3) is 4.31. The van der Waals surface area contributed by atoms with Crippen LogP contribution in [-0.2, 0) is 16.3 Å². The molecule has 2 aromatic rings. The molecule has 2 aromatic carbocycles. The van der Waals surface area contributed by atoms with E-state index in [-0.39, 0.29) is 19.5 Å². The Morgan fingerprint density at radius 3 is 2.07 bits per heavy atom. The molecular formula is C16H7Br2ClF7O2S. The van der Waals surface area contributed by atoms with E-state index >= 15 is 0 Å². The first-order valence-corrected chi connectivity index (χ1v) is 10.7. The standard InChI is InChI=1S/C16H7Br2ClF7O2S/c17-9-6-11(18)10(5-8-3-1-2-4-12(8)19)13(7-9)29(27,28)16(25,26)14(20,21)15(22,23)24/h1-4,7H,5H2. The second-order valence-corrected chi connectivity index (χ2v) is 9.65. The predicted molar refractivity (Wildman–Crippen MR) is 98.1 cm³/mol. The number of rotatable bonds is 5. The van der Waals surface area contributed by atoms with Crippen molar-refractivity contribution in [2.75, 3.05) is 0 Å². The first-order chi connectivity index (χ1) is 13.0. The first kappa shape index (κ1) is 24.4. The molecule has 0 aliphatic rings. The summed E-state index contributed by atoms with van der Waals surface area (Å²) in [6.07, 6.45) is -7.27. The zero-order valence-electron chi connectivity index (χ0n) is 13.6. The minimum Gasteiger partial charge on any atom is -0.217 e. The quantitative estimate of drug-likeness (QED) is 0.358. The van der Waals surface area contributed by atoms with Crippen molar-refractivity contribution in [3.63, 3.8) is 0 Å². The van der Waals surface area contributed by atoms with Gasteiger partial charge in [-0.2, -0.15) is 30.7 Å². The average molecular weight is 592 g/mol. The van der Waals surface area contributed by atoms with Gasteiger partial charge in [0.1, 0.15) is 0 Å². The monoisotopic (exact) mass is 589 g/mol. The summed E-state index contributed by atoms with van der Waals surface area (Å²) in [5, 5.41) is -6.38. The Labute approximate surface area is 182 Å². The minimum absolute atomic E-state index is 0.0954. The van der Waals surface area contributed by atoms with Crippen LogP contribution in [0, 0.1) is 6.07 Å². The van der Waals surface area contributed by atoms with Crippen molar-refractivity contribution in [1.29, 1.82) is 0 Å². The van der Waals surface area contributed by atoms with E-state index in [4.69, 9.17) is 11.6 Å². The van der Waals surface area contributed by atoms with Crippen molar-refractivity contribution in [2.45, 2.75) is 28.7 Å². The third-order valence-electron chi connectivity index (χ3n) is 3.72. The van der Waals surface area contributed by atoms with Crippen molar-refractivity contribution in [3.8, 4) is 0 Å². The lowest BCUT2D eigenvalue weighted by atomic mass is 10.1. The summed E-state index contributed by atoms with van der Waals surface area (Å²) < 4.78 is 117. The van der Waals surface area contributed by atoms with Crippen LogP contribution in [0.25, 0.3) is 0 Å². The molecule has 0 saturated carbocycles. The number of alkyl halides is 7. The van der Waals surface area contributed by atoms with Crippen molar-refractivity contribution < 1.29 is 39.2 Å². The Hall–Kier alpha value is -0.850. The molecule has 2 nitrogen and oxygen atoms in total. The van der Waals surface area contributed by atoms with Crippen molar-refractivity contribution >= 4 is 53.3 Å². The van der Waals surface area contributed by atoms with Gasteiger partial charge in [0.2, 0.25) is 0 Å². The second-order valence-electron chi connectivity index (χ2n) is 5.63. The van der Waals surface area contributed by atoms with Crippen LogP contribution in [0.3, 0.4) is 0 Å². The maximum absolute atomic E-state index is 14.1. The zero-order chi connectivity index (χ0) is 22.4. The van der Waals surface area contributed by atoms with Gasteiger partial charge in [-0.25, -0.2) is 8.42 Å². The van der Waals surface area contributed by atoms with E-state index < -0.39 is 44.1 Å². The molecule has 1 radical (unpaired) electrons. The Bertz CT molecular complexity index is 1040. The number of hydrogen-bond acceptors (Lipinski definition) is 2. The first-order valence-electron chi connectivity index (χ1n) is 7.24. The Kier molecular flexibility index (Phi) is 6.74. The van der Waals surface area contributed by atoms with Gasteiger partial charge in [0.25, 0.3) is 9.84 Å². The molecule has 0 aliphatic heterocycles. The van der Waals surface area contributed by atoms with Crippen LogP contribution in [0.4, 0.5) is 30.7 Å². The predicted octanol–water partition coefficient (Wildman–Crippen LogP) is 6.82. The summed E-state index contributed by atoms with van der Waals surface area (Å²) in [6, 6.07) is 8.76. The van der Waals surface area contributed by atoms with E-state index in [1.165, 1.54) is 24.3 Å². The molecule has 2 rings (SSSR count). The molecule has 0 bridgehead atoms. The van der Waals surface area contributed by atoms with Gasteiger partial charge in [0, 0.05) is 26.5 Å². The van der Waals surface area contributed by atoms with Crippen LogP contribution in [-0.4, -0.2) is 25.8 Å². The molecule has 0 amide bonds. The maximum Gasteiger partial charge on any atom is 0.461 e. The largest absolute Gasteiger partial charge is 0.461 e. The van der Waals surface area contributed by atoms with E-state index in [1.54, 1.807) is 0 Å². The van der Waals surface area contributed by atoms with Gasteiger partial charge in [-0.05, 0) is 39.2 Å². The van der Waals surface area contributed by atoms with Gasteiger partial charge < -0.3 is 0 Å². The van der Waals surface area contributed by atoms with E-state index in [9.17, 15) is 39.2 Å². The molecule has 0 aromatic heterocycles. The molecule has 29 heavy (non-hydrogen) atoms. The van der Waals surface area contributed by atoms with Crippen LogP contribution in [0.2, 0.25) is 5.02 Å². The minimum atomic E-state index is -6.83. The summed E-state index contributed by atoms with van der Waals surface area (Å²) in [5.74, 6) is -6.83. The highest BCUT2D eigenvalue weighted by molar-refractivity contribution is 9.11. The lowest BCUT2D eigenvalue weighted by Crippen LogP contribution is -2.56. The molecule has 0 spiro atoms. The van der Waals surface area contributed by atoms with Gasteiger partial charge >= 0.3 is 17.4 Å². The van der Waals surface area contributed by atoms with Gasteiger partial charge in [0.05, 0.1) is 4.90 Å². The molecule has 0 heterocycles. The molecule has 0 fully saturated rings. The van der Waals surface area contributed by atoms with Crippen LogP contribution in [0.15, 0.2) is 44.2 Å². The van der Waals surface area contributed by atoms with Crippen LogP contribution in [0.5, 0.6) is 0 Å². The van der Waals surface area contributed by atoms with Crippen LogP contribution in [0.1, 0.15) is 11.1 Å². The van der Waals surface area contributed by atoms with E-state index in [0.717, 1.165) is 0 Å². The highest BCUT2D eigenvalue weighted by Crippen LogP contribution is 2.51. The van der Waals surface area contributed by atoms with Crippen molar-refractivity contribution in [3.05, 3.63) is 61.5 Å². The highest BCUT2D eigenvalue weighted by atomic mass is 79.9. The van der Waals surface area contributed by atoms with Gasteiger partial charge in [-0.3, -0.25) is 0 Å². The van der Waals surface area contributed by atoms with E-state index in [2.05, 4.69) is 37.9 Å². The fourth-order valence-electron chi connectivity index (χ4n) is 2.24. The number of benzene rings is 2. The van der Waals surface area contributed by atoms with E-state index in [0.29, 0.717) is 6.07 Å². The average Bonchev–Trinajstić information content (AvgIpc) is 2.57. The summed E-state index contributed by atoms with van der Waals surface area (Å²) in [6.45, 7) is 0. The molecule has 13 heteroatoms. The third-order valence-corrected chi connectivity index (χ3v) is 7.07. The normalized spacial score (nSPS) is 13.6. The molecule has 0 N–H and O–H groups in total. The Balaban J connectivity index is 2.75. The summed E-state index contributed by atoms with van der Waals surface area (Å²) in [7, 11) is -6.51. The summed E-state index contributed by atoms with van der Waals surface area (Å²) in [4.78, 5) is -1.43. The second kappa shape index (κ2) is 8.01. The number of halogens is 10. The summed E-state index contributed by atoms with van der Waals surface area (Å²) >= 11 is 11.6. The van der Waals surface area contributed by atoms with E-state index in [1.807, 2.05) is 0 Å². The molecule has 0 unspecified atom stereocenters. The Morgan fingerprint density at radius 2 is 1.55 bits per heavy atom. The molecule has 0 aliphatic carbocycles. The van der Waals surface area contributed by atoms with Crippen LogP contribution < -0.4 is 0 Å². The van der Waals surface area contributed by atoms with Crippen LogP contribution >= 0.6 is 43.5 Å². The topological polar surface area (TPSA) is 34.1 Å². The number of hydrogen-bond donors (Lipinski definition) is 0. The smallest absolute Gasteiger partial charge is 0.217 e. The maximum atomic E-state index is 14.1. The van der Waals surface area contributed by atoms with Gasteiger partial charge in [-0.15, -0.1) is 0 Å². The SMILES string of the molecule is O=S(=O)(c1cc(Br)[c]c(Br)c1Cc1ccccc1Cl)C(F)(F)C(F)(F)C(F)(F)F. The zero-order valence-corrected chi connectivity index (χ0v) is 18.3. The van der Waals surface area contributed by atoms with Gasteiger partial charge in [0.15, 0.2) is 0 Å².